The minimum atomic E-state index is -0.176. The highest BCUT2D eigenvalue weighted by atomic mass is 32.2. The molecule has 3 rings (SSSR count). The van der Waals surface area contributed by atoms with E-state index in [2.05, 4.69) is 25.5 Å². The summed E-state index contributed by atoms with van der Waals surface area (Å²) in [5.41, 5.74) is 1.76. The molecule has 2 heterocycles. The van der Waals surface area contributed by atoms with E-state index in [0.29, 0.717) is 21.9 Å². The van der Waals surface area contributed by atoms with Gasteiger partial charge < -0.3 is 4.74 Å². The summed E-state index contributed by atoms with van der Waals surface area (Å²) in [5, 5.41) is 12.5. The first-order valence-corrected chi connectivity index (χ1v) is 9.64. The number of carbonyl (C=O) groups excluding carboxylic acids is 1. The number of aromatic nitrogens is 4. The Labute approximate surface area is 159 Å². The Balaban J connectivity index is 1.48. The summed E-state index contributed by atoms with van der Waals surface area (Å²) >= 11 is 2.58. The van der Waals surface area contributed by atoms with Crippen LogP contribution in [0.2, 0.25) is 0 Å². The van der Waals surface area contributed by atoms with Crippen LogP contribution < -0.4 is 10.1 Å². The number of para-hydroxylation sites is 1. The molecule has 2 aromatic heterocycles. The normalized spacial score (nSPS) is 10.5. The number of anilines is 1. The first-order valence-electron chi connectivity index (χ1n) is 7.83. The van der Waals surface area contributed by atoms with Gasteiger partial charge >= 0.3 is 0 Å². The molecule has 0 unspecified atom stereocenters. The van der Waals surface area contributed by atoms with Gasteiger partial charge in [0.05, 0.1) is 5.75 Å². The molecule has 3 aromatic rings. The van der Waals surface area contributed by atoms with Gasteiger partial charge in [-0.15, -0.1) is 10.2 Å². The summed E-state index contributed by atoms with van der Waals surface area (Å²) in [6.07, 6.45) is 0. The molecule has 9 heteroatoms. The number of hydrogen-bond acceptors (Lipinski definition) is 8. The fourth-order valence-corrected chi connectivity index (χ4v) is 3.49. The lowest BCUT2D eigenvalue weighted by atomic mass is 10.3. The molecule has 0 aliphatic heterocycles. The highest BCUT2D eigenvalue weighted by Gasteiger charge is 2.10. The van der Waals surface area contributed by atoms with Crippen molar-refractivity contribution in [2.24, 2.45) is 0 Å². The van der Waals surface area contributed by atoms with E-state index in [0.717, 1.165) is 17.1 Å². The number of hydrogen-bond donors (Lipinski definition) is 1. The maximum atomic E-state index is 12.1. The second-order valence-corrected chi connectivity index (χ2v) is 7.38. The largest absolute Gasteiger partial charge is 0.486 e. The van der Waals surface area contributed by atoms with Crippen LogP contribution in [0, 0.1) is 13.8 Å². The topological polar surface area (TPSA) is 89.9 Å². The fourth-order valence-electron chi connectivity index (χ4n) is 2.07. The molecule has 0 atom stereocenters. The Morgan fingerprint density at radius 1 is 1.15 bits per heavy atom. The smallest absolute Gasteiger partial charge is 0.236 e. The van der Waals surface area contributed by atoms with Gasteiger partial charge in [-0.2, -0.15) is 0 Å². The van der Waals surface area contributed by atoms with Crippen molar-refractivity contribution in [3.05, 3.63) is 52.8 Å². The number of rotatable bonds is 7. The van der Waals surface area contributed by atoms with Crippen LogP contribution in [0.25, 0.3) is 0 Å². The summed E-state index contributed by atoms with van der Waals surface area (Å²) in [4.78, 5) is 20.7. The highest BCUT2D eigenvalue weighted by molar-refractivity contribution is 7.99. The number of ether oxygens (including phenoxy) is 1. The Bertz CT molecular complexity index is 866. The molecular weight excluding hydrogens is 370 g/mol. The van der Waals surface area contributed by atoms with Crippen LogP contribution in [0.3, 0.4) is 0 Å². The maximum Gasteiger partial charge on any atom is 0.236 e. The quantitative estimate of drug-likeness (QED) is 0.491. The van der Waals surface area contributed by atoms with Gasteiger partial charge in [0.2, 0.25) is 11.0 Å². The molecule has 0 bridgehead atoms. The van der Waals surface area contributed by atoms with Gasteiger partial charge in [0.25, 0.3) is 0 Å². The Morgan fingerprint density at radius 2 is 1.88 bits per heavy atom. The van der Waals surface area contributed by atoms with Crippen molar-refractivity contribution >= 4 is 34.1 Å². The number of aryl methyl sites for hydroxylation is 2. The monoisotopic (exact) mass is 387 g/mol. The van der Waals surface area contributed by atoms with Gasteiger partial charge in [-0.3, -0.25) is 10.1 Å². The fraction of sp³-hybridized carbons (Fsp3) is 0.235. The van der Waals surface area contributed by atoms with E-state index in [1.54, 1.807) is 0 Å². The van der Waals surface area contributed by atoms with Crippen LogP contribution in [0.4, 0.5) is 5.13 Å². The summed E-state index contributed by atoms with van der Waals surface area (Å²) in [7, 11) is 0. The van der Waals surface area contributed by atoms with Crippen LogP contribution >= 0.6 is 23.1 Å². The first kappa shape index (κ1) is 18.3. The van der Waals surface area contributed by atoms with Crippen molar-refractivity contribution < 1.29 is 9.53 Å². The molecule has 0 radical (unpaired) electrons. The standard InChI is InChI=1S/C17H17N5O2S2/c1-11-8-12(2)19-16(18-11)25-10-14(23)20-17-22-21-15(26-17)9-24-13-6-4-3-5-7-13/h3-8H,9-10H2,1-2H3,(H,20,22,23). The van der Waals surface area contributed by atoms with Crippen LogP contribution in [0.15, 0.2) is 41.6 Å². The lowest BCUT2D eigenvalue weighted by molar-refractivity contribution is -0.113. The molecule has 26 heavy (non-hydrogen) atoms. The third kappa shape index (κ3) is 5.50. The van der Waals surface area contributed by atoms with Gasteiger partial charge in [-0.05, 0) is 32.0 Å². The lowest BCUT2D eigenvalue weighted by Crippen LogP contribution is -2.14. The van der Waals surface area contributed by atoms with Crippen molar-refractivity contribution in [2.45, 2.75) is 25.6 Å². The van der Waals surface area contributed by atoms with Gasteiger partial charge in [0.15, 0.2) is 10.2 Å². The third-order valence-corrected chi connectivity index (χ3v) is 4.77. The molecule has 0 saturated heterocycles. The molecule has 0 saturated carbocycles. The zero-order valence-electron chi connectivity index (χ0n) is 14.3. The van der Waals surface area contributed by atoms with E-state index >= 15 is 0 Å². The highest BCUT2D eigenvalue weighted by Crippen LogP contribution is 2.19. The molecule has 7 nitrogen and oxygen atoms in total. The molecule has 134 valence electrons. The average molecular weight is 387 g/mol. The van der Waals surface area contributed by atoms with E-state index < -0.39 is 0 Å². The molecule has 0 spiro atoms. The molecule has 0 fully saturated rings. The molecule has 0 aliphatic rings. The predicted molar refractivity (Wildman–Crippen MR) is 102 cm³/mol. The van der Waals surface area contributed by atoms with E-state index in [1.165, 1.54) is 23.1 Å². The second-order valence-electron chi connectivity index (χ2n) is 5.37. The van der Waals surface area contributed by atoms with Gasteiger partial charge in [-0.25, -0.2) is 9.97 Å². The average Bonchev–Trinajstić information content (AvgIpc) is 3.06. The molecule has 1 aromatic carbocycles. The summed E-state index contributed by atoms with van der Waals surface area (Å²) < 4.78 is 5.61. The van der Waals surface area contributed by atoms with Crippen molar-refractivity contribution in [1.82, 2.24) is 20.2 Å². The Kier molecular flexibility index (Phi) is 6.13. The van der Waals surface area contributed by atoms with Crippen LogP contribution in [0.1, 0.15) is 16.4 Å². The van der Waals surface area contributed by atoms with E-state index in [4.69, 9.17) is 4.74 Å². The third-order valence-electron chi connectivity index (χ3n) is 3.11. The lowest BCUT2D eigenvalue weighted by Gasteiger charge is -2.03. The number of benzene rings is 1. The number of nitrogens with one attached hydrogen (secondary N) is 1. The number of amides is 1. The van der Waals surface area contributed by atoms with Crippen LogP contribution in [-0.4, -0.2) is 31.8 Å². The number of nitrogens with zero attached hydrogens (tertiary/aromatic N) is 4. The van der Waals surface area contributed by atoms with E-state index in [1.807, 2.05) is 50.2 Å². The predicted octanol–water partition coefficient (Wildman–Crippen LogP) is 3.25. The SMILES string of the molecule is Cc1cc(C)nc(SCC(=O)Nc2nnc(COc3ccccc3)s2)n1. The molecular formula is C17H17N5O2S2. The van der Waals surface area contributed by atoms with E-state index in [-0.39, 0.29) is 11.7 Å². The van der Waals surface area contributed by atoms with Crippen LogP contribution in [0.5, 0.6) is 5.75 Å². The van der Waals surface area contributed by atoms with Gasteiger partial charge in [-0.1, -0.05) is 41.3 Å². The number of thioether (sulfide) groups is 1. The summed E-state index contributed by atoms with van der Waals surface area (Å²) in [6.45, 7) is 4.11. The summed E-state index contributed by atoms with van der Waals surface area (Å²) in [5.74, 6) is 0.792. The first-order chi connectivity index (χ1) is 12.6. The van der Waals surface area contributed by atoms with Gasteiger partial charge in [0, 0.05) is 11.4 Å². The molecule has 1 amide bonds. The molecule has 1 N–H and O–H groups in total. The van der Waals surface area contributed by atoms with E-state index in [9.17, 15) is 4.79 Å². The Hall–Kier alpha value is -2.52. The van der Waals surface area contributed by atoms with Crippen molar-refractivity contribution in [2.75, 3.05) is 11.1 Å². The minimum absolute atomic E-state index is 0.176. The zero-order valence-corrected chi connectivity index (χ0v) is 15.9. The minimum Gasteiger partial charge on any atom is -0.486 e. The second kappa shape index (κ2) is 8.72. The summed E-state index contributed by atoms with van der Waals surface area (Å²) in [6, 6.07) is 11.4. The van der Waals surface area contributed by atoms with Crippen molar-refractivity contribution in [3.63, 3.8) is 0 Å². The molecule has 0 aliphatic carbocycles. The maximum absolute atomic E-state index is 12.1. The van der Waals surface area contributed by atoms with Gasteiger partial charge in [0.1, 0.15) is 12.4 Å². The van der Waals surface area contributed by atoms with Crippen molar-refractivity contribution in [3.8, 4) is 5.75 Å². The number of carbonyl (C=O) groups is 1. The van der Waals surface area contributed by atoms with Crippen molar-refractivity contribution in [1.29, 1.82) is 0 Å². The zero-order chi connectivity index (χ0) is 18.4. The van der Waals surface area contributed by atoms with Crippen LogP contribution in [-0.2, 0) is 11.4 Å². The Morgan fingerprint density at radius 3 is 2.62 bits per heavy atom.